The van der Waals surface area contributed by atoms with Crippen LogP contribution >= 0.6 is 0 Å². The Balaban J connectivity index is 2.16. The van der Waals surface area contributed by atoms with E-state index in [-0.39, 0.29) is 0 Å². The minimum Gasteiger partial charge on any atom is -0.481 e. The van der Waals surface area contributed by atoms with E-state index in [4.69, 9.17) is 5.11 Å². The van der Waals surface area contributed by atoms with E-state index >= 15 is 0 Å². The lowest BCUT2D eigenvalue weighted by Crippen LogP contribution is -2.22. The van der Waals surface area contributed by atoms with Crippen LogP contribution in [0.15, 0.2) is 0 Å². The van der Waals surface area contributed by atoms with E-state index < -0.39 is 11.9 Å². The highest BCUT2D eigenvalue weighted by molar-refractivity contribution is 5.75. The van der Waals surface area contributed by atoms with Crippen LogP contribution in [0.3, 0.4) is 0 Å². The van der Waals surface area contributed by atoms with E-state index in [0.29, 0.717) is 12.2 Å². The molecule has 0 aliphatic carbocycles. The molecule has 17 heavy (non-hydrogen) atoms. The Hall–Kier alpha value is -1.43. The van der Waals surface area contributed by atoms with Crippen molar-refractivity contribution in [3.8, 4) is 0 Å². The van der Waals surface area contributed by atoms with E-state index in [1.54, 1.807) is 4.68 Å². The monoisotopic (exact) mass is 238 g/mol. The number of fused-ring (bicyclic) bond motifs is 1. The number of carboxylic acid groups (broad SMARTS) is 1. The summed E-state index contributed by atoms with van der Waals surface area (Å²) in [4.78, 5) is 17.5. The Kier molecular flexibility index (Phi) is 3.42. The van der Waals surface area contributed by atoms with E-state index in [1.165, 1.54) is 0 Å². The molecule has 94 valence electrons. The average Bonchev–Trinajstić information content (AvgIpc) is 2.68. The second-order valence-corrected chi connectivity index (χ2v) is 4.70. The summed E-state index contributed by atoms with van der Waals surface area (Å²) in [5.41, 5.74) is 0. The Morgan fingerprint density at radius 1 is 1.59 bits per heavy atom. The van der Waals surface area contributed by atoms with Gasteiger partial charge in [0.05, 0.1) is 0 Å². The van der Waals surface area contributed by atoms with Crippen LogP contribution in [0.1, 0.15) is 30.4 Å². The summed E-state index contributed by atoms with van der Waals surface area (Å²) in [5.74, 6) is 0.0984. The van der Waals surface area contributed by atoms with Gasteiger partial charge in [-0.25, -0.2) is 9.67 Å². The molecule has 2 heterocycles. The van der Waals surface area contributed by atoms with Crippen molar-refractivity contribution in [2.75, 3.05) is 20.6 Å². The van der Waals surface area contributed by atoms with Crippen molar-refractivity contribution in [2.45, 2.75) is 31.7 Å². The molecule has 0 bridgehead atoms. The van der Waals surface area contributed by atoms with E-state index in [0.717, 1.165) is 31.8 Å². The second-order valence-electron chi connectivity index (χ2n) is 4.70. The molecular formula is C11H18N4O2. The van der Waals surface area contributed by atoms with Gasteiger partial charge in [-0.05, 0) is 26.9 Å². The molecule has 0 fully saturated rings. The Labute approximate surface area is 100 Å². The highest BCUT2D eigenvalue weighted by Gasteiger charge is 2.29. The van der Waals surface area contributed by atoms with Crippen LogP contribution in [0.25, 0.3) is 0 Å². The summed E-state index contributed by atoms with van der Waals surface area (Å²) in [6.45, 7) is 1.66. The van der Waals surface area contributed by atoms with E-state index in [1.807, 2.05) is 14.1 Å². The van der Waals surface area contributed by atoms with Crippen LogP contribution in [0.4, 0.5) is 0 Å². The summed E-state index contributed by atoms with van der Waals surface area (Å²) in [6.07, 6.45) is 2.29. The zero-order chi connectivity index (χ0) is 12.4. The van der Waals surface area contributed by atoms with E-state index in [2.05, 4.69) is 15.0 Å². The number of carboxylic acids is 1. The van der Waals surface area contributed by atoms with Gasteiger partial charge in [0, 0.05) is 19.5 Å². The van der Waals surface area contributed by atoms with Crippen molar-refractivity contribution in [3.05, 3.63) is 11.6 Å². The number of rotatable bonds is 4. The molecule has 1 N–H and O–H groups in total. The van der Waals surface area contributed by atoms with Crippen LogP contribution in [0, 0.1) is 0 Å². The maximum absolute atomic E-state index is 11.1. The van der Waals surface area contributed by atoms with Crippen LogP contribution in [0.5, 0.6) is 0 Å². The molecular weight excluding hydrogens is 220 g/mol. The largest absolute Gasteiger partial charge is 0.481 e. The number of hydrogen-bond acceptors (Lipinski definition) is 4. The van der Waals surface area contributed by atoms with Gasteiger partial charge in [-0.2, -0.15) is 5.10 Å². The van der Waals surface area contributed by atoms with Crippen LogP contribution in [-0.2, 0) is 17.8 Å². The highest BCUT2D eigenvalue weighted by Crippen LogP contribution is 2.25. The summed E-state index contributed by atoms with van der Waals surface area (Å²) in [6, 6.07) is 0. The molecule has 1 atom stereocenters. The molecule has 0 amide bonds. The summed E-state index contributed by atoms with van der Waals surface area (Å²) < 4.78 is 1.76. The molecule has 0 spiro atoms. The van der Waals surface area contributed by atoms with Crippen molar-refractivity contribution >= 4 is 5.97 Å². The number of carbonyl (C=O) groups is 1. The van der Waals surface area contributed by atoms with Gasteiger partial charge in [0.2, 0.25) is 0 Å². The first-order valence-electron chi connectivity index (χ1n) is 5.89. The van der Waals surface area contributed by atoms with Gasteiger partial charge in [-0.15, -0.1) is 0 Å². The smallest absolute Gasteiger partial charge is 0.314 e. The zero-order valence-corrected chi connectivity index (χ0v) is 10.3. The Morgan fingerprint density at radius 3 is 3.00 bits per heavy atom. The number of hydrogen-bond donors (Lipinski definition) is 1. The molecule has 1 aromatic heterocycles. The van der Waals surface area contributed by atoms with Crippen molar-refractivity contribution in [2.24, 2.45) is 0 Å². The average molecular weight is 238 g/mol. The molecule has 0 radical (unpaired) electrons. The van der Waals surface area contributed by atoms with Crippen LogP contribution in [0.2, 0.25) is 0 Å². The van der Waals surface area contributed by atoms with Gasteiger partial charge in [0.25, 0.3) is 0 Å². The molecule has 6 heteroatoms. The lowest BCUT2D eigenvalue weighted by molar-refractivity contribution is -0.139. The lowest BCUT2D eigenvalue weighted by atomic mass is 10.00. The fraction of sp³-hybridized carbons (Fsp3) is 0.727. The Bertz CT molecular complexity index is 414. The van der Waals surface area contributed by atoms with Gasteiger partial charge in [0.15, 0.2) is 5.82 Å². The number of likely N-dealkylation sites (N-methyl/N-ethyl adjacent to an activating group) is 1. The predicted molar refractivity (Wildman–Crippen MR) is 61.9 cm³/mol. The number of aliphatic carboxylic acids is 1. The number of nitrogens with zero attached hydrogens (tertiary/aromatic N) is 4. The Morgan fingerprint density at radius 2 is 2.35 bits per heavy atom. The molecule has 1 aliphatic heterocycles. The molecule has 0 saturated heterocycles. The predicted octanol–water partition coefficient (Wildman–Crippen LogP) is 0.344. The first-order valence-corrected chi connectivity index (χ1v) is 5.89. The zero-order valence-electron chi connectivity index (χ0n) is 10.3. The van der Waals surface area contributed by atoms with Gasteiger partial charge < -0.3 is 10.0 Å². The minimum absolute atomic E-state index is 0.482. The summed E-state index contributed by atoms with van der Waals surface area (Å²) >= 11 is 0. The van der Waals surface area contributed by atoms with Crippen LogP contribution < -0.4 is 0 Å². The molecule has 6 nitrogen and oxygen atoms in total. The van der Waals surface area contributed by atoms with E-state index in [9.17, 15) is 4.79 Å². The van der Waals surface area contributed by atoms with Gasteiger partial charge >= 0.3 is 5.97 Å². The van der Waals surface area contributed by atoms with Crippen molar-refractivity contribution in [3.63, 3.8) is 0 Å². The standard InChI is InChI=1S/C11H18N4O2/c1-14(2)7-5-9-12-10-8(11(16)17)4-3-6-15(10)13-9/h8H,3-7H2,1-2H3,(H,16,17). The topological polar surface area (TPSA) is 71.2 Å². The quantitative estimate of drug-likeness (QED) is 0.819. The molecule has 0 aromatic carbocycles. The summed E-state index contributed by atoms with van der Waals surface area (Å²) in [5, 5.41) is 13.5. The van der Waals surface area contributed by atoms with Gasteiger partial charge in [-0.3, -0.25) is 4.79 Å². The molecule has 1 unspecified atom stereocenters. The number of aryl methyl sites for hydroxylation is 1. The molecule has 1 aromatic rings. The highest BCUT2D eigenvalue weighted by atomic mass is 16.4. The first kappa shape index (κ1) is 12.0. The molecule has 0 saturated carbocycles. The SMILES string of the molecule is CN(C)CCc1nc2n(n1)CCCC2C(=O)O. The van der Waals surface area contributed by atoms with Gasteiger partial charge in [0.1, 0.15) is 11.7 Å². The summed E-state index contributed by atoms with van der Waals surface area (Å²) in [7, 11) is 3.99. The molecule has 2 rings (SSSR count). The first-order chi connectivity index (χ1) is 8.08. The third-order valence-electron chi connectivity index (χ3n) is 3.00. The minimum atomic E-state index is -0.794. The van der Waals surface area contributed by atoms with Gasteiger partial charge in [-0.1, -0.05) is 0 Å². The molecule has 1 aliphatic rings. The normalized spacial score (nSPS) is 19.4. The third-order valence-corrected chi connectivity index (χ3v) is 3.00. The van der Waals surface area contributed by atoms with Crippen molar-refractivity contribution in [1.82, 2.24) is 19.7 Å². The second kappa shape index (κ2) is 4.83. The number of aromatic nitrogens is 3. The fourth-order valence-electron chi connectivity index (χ4n) is 2.06. The fourth-order valence-corrected chi connectivity index (χ4v) is 2.06. The van der Waals surface area contributed by atoms with Crippen molar-refractivity contribution < 1.29 is 9.90 Å². The maximum Gasteiger partial charge on any atom is 0.314 e. The van der Waals surface area contributed by atoms with Crippen molar-refractivity contribution in [1.29, 1.82) is 0 Å². The van der Waals surface area contributed by atoms with Crippen LogP contribution in [-0.4, -0.2) is 51.4 Å². The maximum atomic E-state index is 11.1. The lowest BCUT2D eigenvalue weighted by Gasteiger charge is -2.17. The third kappa shape index (κ3) is 2.63.